The van der Waals surface area contributed by atoms with Crippen LogP contribution in [-0.4, -0.2) is 57.8 Å². The third-order valence-corrected chi connectivity index (χ3v) is 8.55. The molecule has 3 heterocycles. The first-order valence-corrected chi connectivity index (χ1v) is 15.2. The summed E-state index contributed by atoms with van der Waals surface area (Å²) in [5, 5.41) is 8.84. The number of halogens is 2. The zero-order valence-corrected chi connectivity index (χ0v) is 27.3. The van der Waals surface area contributed by atoms with Gasteiger partial charge in [0.2, 0.25) is 5.88 Å². The molecule has 0 bridgehead atoms. The summed E-state index contributed by atoms with van der Waals surface area (Å²) in [6.45, 7) is 8.95. The van der Waals surface area contributed by atoms with Gasteiger partial charge in [0.15, 0.2) is 0 Å². The SMILES string of the molecule is Cc1cnc(C)c(OCCC2CCOC3(CCN(Cc4ccc(COc5ccc(CCC(=O)O)cc5)cc4)CC3)C2)n1.Cl.Cl. The van der Waals surface area contributed by atoms with Crippen LogP contribution in [0, 0.1) is 19.8 Å². The van der Waals surface area contributed by atoms with Crippen molar-refractivity contribution in [1.29, 1.82) is 0 Å². The van der Waals surface area contributed by atoms with Gasteiger partial charge in [-0.3, -0.25) is 14.7 Å². The lowest BCUT2D eigenvalue weighted by atomic mass is 9.78. The molecule has 0 amide bonds. The Hall–Kier alpha value is -2.91. The second-order valence-corrected chi connectivity index (χ2v) is 11.8. The first kappa shape index (κ1) is 35.6. The Morgan fingerprint density at radius 2 is 1.68 bits per heavy atom. The molecule has 1 atom stereocenters. The number of carboxylic acid groups (broad SMARTS) is 1. The fourth-order valence-electron chi connectivity index (χ4n) is 5.99. The van der Waals surface area contributed by atoms with Gasteiger partial charge < -0.3 is 19.3 Å². The number of carbonyl (C=O) groups is 1. The Labute approximate surface area is 273 Å². The molecule has 0 radical (unpaired) electrons. The van der Waals surface area contributed by atoms with E-state index >= 15 is 0 Å². The molecule has 1 spiro atoms. The second kappa shape index (κ2) is 17.0. The first-order chi connectivity index (χ1) is 20.4. The third-order valence-electron chi connectivity index (χ3n) is 8.55. The minimum Gasteiger partial charge on any atom is -0.489 e. The van der Waals surface area contributed by atoms with E-state index in [-0.39, 0.29) is 36.8 Å². The lowest BCUT2D eigenvalue weighted by Crippen LogP contribution is -2.49. The van der Waals surface area contributed by atoms with E-state index in [2.05, 4.69) is 39.1 Å². The average molecular weight is 647 g/mol. The highest BCUT2D eigenvalue weighted by atomic mass is 35.5. The summed E-state index contributed by atoms with van der Waals surface area (Å²) in [5.41, 5.74) is 5.17. The summed E-state index contributed by atoms with van der Waals surface area (Å²) in [6, 6.07) is 16.4. The van der Waals surface area contributed by atoms with E-state index in [1.807, 2.05) is 38.1 Å². The Kier molecular flexibility index (Phi) is 13.7. The lowest BCUT2D eigenvalue weighted by Gasteiger charge is -2.46. The van der Waals surface area contributed by atoms with Crippen molar-refractivity contribution in [2.75, 3.05) is 26.3 Å². The summed E-state index contributed by atoms with van der Waals surface area (Å²) in [7, 11) is 0. The van der Waals surface area contributed by atoms with Gasteiger partial charge in [0.05, 0.1) is 23.6 Å². The van der Waals surface area contributed by atoms with Crippen LogP contribution in [0.5, 0.6) is 11.6 Å². The smallest absolute Gasteiger partial charge is 0.303 e. The number of hydrogen-bond donors (Lipinski definition) is 1. The fraction of sp³-hybridized carbons (Fsp3) is 0.500. The monoisotopic (exact) mass is 645 g/mol. The molecule has 2 aliphatic heterocycles. The number of hydrogen-bond acceptors (Lipinski definition) is 7. The van der Waals surface area contributed by atoms with Gasteiger partial charge in [-0.25, -0.2) is 4.98 Å². The van der Waals surface area contributed by atoms with Crippen LogP contribution < -0.4 is 9.47 Å². The number of aryl methyl sites for hydroxylation is 3. The number of piperidine rings is 1. The van der Waals surface area contributed by atoms with Crippen LogP contribution in [0.3, 0.4) is 0 Å². The molecular weight excluding hydrogens is 601 g/mol. The molecule has 0 aliphatic carbocycles. The van der Waals surface area contributed by atoms with Crippen LogP contribution in [0.4, 0.5) is 0 Å². The first-order valence-electron chi connectivity index (χ1n) is 15.2. The van der Waals surface area contributed by atoms with E-state index in [1.165, 1.54) is 5.56 Å². The molecule has 8 nitrogen and oxygen atoms in total. The normalized spacial score (nSPS) is 17.7. The molecule has 0 saturated carbocycles. The van der Waals surface area contributed by atoms with Crippen LogP contribution in [0.25, 0.3) is 0 Å². The van der Waals surface area contributed by atoms with Crippen molar-refractivity contribution in [3.8, 4) is 11.6 Å². The Morgan fingerprint density at radius 3 is 2.39 bits per heavy atom. The largest absolute Gasteiger partial charge is 0.489 e. The third kappa shape index (κ3) is 10.3. The summed E-state index contributed by atoms with van der Waals surface area (Å²) in [4.78, 5) is 22.1. The van der Waals surface area contributed by atoms with E-state index < -0.39 is 5.97 Å². The van der Waals surface area contributed by atoms with E-state index in [9.17, 15) is 4.79 Å². The van der Waals surface area contributed by atoms with Gasteiger partial charge in [0, 0.05) is 38.9 Å². The van der Waals surface area contributed by atoms with Crippen LogP contribution in [0.1, 0.15) is 66.6 Å². The maximum atomic E-state index is 10.7. The number of carboxylic acids is 1. The van der Waals surface area contributed by atoms with E-state index in [4.69, 9.17) is 19.3 Å². The topological polar surface area (TPSA) is 94.0 Å². The fourth-order valence-corrected chi connectivity index (χ4v) is 5.99. The van der Waals surface area contributed by atoms with Gasteiger partial charge in [-0.05, 0) is 87.1 Å². The zero-order valence-electron chi connectivity index (χ0n) is 25.7. The highest BCUT2D eigenvalue weighted by Gasteiger charge is 2.40. The Bertz CT molecular complexity index is 1320. The molecule has 5 rings (SSSR count). The van der Waals surface area contributed by atoms with Gasteiger partial charge in [-0.1, -0.05) is 36.4 Å². The van der Waals surface area contributed by atoms with Gasteiger partial charge >= 0.3 is 5.97 Å². The Balaban J connectivity index is 0.00000264. The van der Waals surface area contributed by atoms with Crippen molar-refractivity contribution in [3.05, 3.63) is 82.8 Å². The molecule has 3 aromatic rings. The molecule has 240 valence electrons. The van der Waals surface area contributed by atoms with E-state index in [0.29, 0.717) is 31.4 Å². The van der Waals surface area contributed by atoms with Crippen molar-refractivity contribution in [2.45, 2.75) is 77.5 Å². The maximum absolute atomic E-state index is 10.7. The molecule has 2 aromatic carbocycles. The van der Waals surface area contributed by atoms with Crippen LogP contribution >= 0.6 is 24.8 Å². The number of aromatic nitrogens is 2. The number of aliphatic carboxylic acids is 1. The van der Waals surface area contributed by atoms with Crippen LogP contribution in [-0.2, 0) is 29.1 Å². The maximum Gasteiger partial charge on any atom is 0.303 e. The second-order valence-electron chi connectivity index (χ2n) is 11.8. The van der Waals surface area contributed by atoms with Crippen LogP contribution in [0.2, 0.25) is 0 Å². The summed E-state index contributed by atoms with van der Waals surface area (Å²) in [5.74, 6) is 1.29. The number of benzene rings is 2. The number of rotatable bonds is 12. The predicted octanol–water partition coefficient (Wildman–Crippen LogP) is 6.76. The minimum absolute atomic E-state index is 0. The number of nitrogens with zero attached hydrogens (tertiary/aromatic N) is 3. The van der Waals surface area contributed by atoms with Crippen molar-refractivity contribution >= 4 is 30.8 Å². The summed E-state index contributed by atoms with van der Waals surface area (Å²) >= 11 is 0. The average Bonchev–Trinajstić information content (AvgIpc) is 2.99. The number of ether oxygens (including phenoxy) is 3. The summed E-state index contributed by atoms with van der Waals surface area (Å²) in [6.07, 6.45) is 7.84. The van der Waals surface area contributed by atoms with Gasteiger partial charge in [0.25, 0.3) is 0 Å². The zero-order chi connectivity index (χ0) is 29.4. The molecule has 1 aromatic heterocycles. The van der Waals surface area contributed by atoms with Crippen molar-refractivity contribution in [3.63, 3.8) is 0 Å². The van der Waals surface area contributed by atoms with Gasteiger partial charge in [-0.15, -0.1) is 24.8 Å². The highest BCUT2D eigenvalue weighted by Crippen LogP contribution is 2.39. The molecular formula is C34H45Cl2N3O5. The molecule has 1 N–H and O–H groups in total. The molecule has 2 aliphatic rings. The van der Waals surface area contributed by atoms with Crippen molar-refractivity contribution < 1.29 is 24.1 Å². The van der Waals surface area contributed by atoms with Gasteiger partial charge in [-0.2, -0.15) is 0 Å². The minimum atomic E-state index is -0.780. The molecule has 1 unspecified atom stereocenters. The van der Waals surface area contributed by atoms with Crippen LogP contribution in [0.15, 0.2) is 54.7 Å². The van der Waals surface area contributed by atoms with E-state index in [0.717, 1.165) is 86.6 Å². The molecule has 10 heteroatoms. The van der Waals surface area contributed by atoms with Gasteiger partial charge in [0.1, 0.15) is 12.4 Å². The molecule has 2 saturated heterocycles. The predicted molar refractivity (Wildman–Crippen MR) is 175 cm³/mol. The van der Waals surface area contributed by atoms with E-state index in [1.54, 1.807) is 6.20 Å². The lowest BCUT2D eigenvalue weighted by molar-refractivity contribution is -0.137. The molecule has 2 fully saturated rings. The molecule has 44 heavy (non-hydrogen) atoms. The van der Waals surface area contributed by atoms with Crippen molar-refractivity contribution in [1.82, 2.24) is 14.9 Å². The van der Waals surface area contributed by atoms with Crippen molar-refractivity contribution in [2.24, 2.45) is 5.92 Å². The standard InChI is InChI=1S/C34H43N3O5.2ClH/c1-25-22-35-26(2)33(36-25)40-19-13-28-14-20-42-34(21-28)15-17-37(18-16-34)23-29-3-5-30(6-4-29)24-41-31-10-7-27(8-11-31)9-12-32(38)39;;/h3-8,10-11,22,28H,9,12-21,23-24H2,1-2H3,(H,38,39);2*1H. The quantitative estimate of drug-likeness (QED) is 0.231. The Morgan fingerprint density at radius 1 is 1.00 bits per heavy atom. The number of likely N-dealkylation sites (tertiary alicyclic amines) is 1. The highest BCUT2D eigenvalue weighted by molar-refractivity contribution is 5.85. The summed E-state index contributed by atoms with van der Waals surface area (Å²) < 4.78 is 18.3.